The second-order valence-electron chi connectivity index (χ2n) is 6.12. The summed E-state index contributed by atoms with van der Waals surface area (Å²) in [6.07, 6.45) is 6.14. The lowest BCUT2D eigenvalue weighted by Crippen LogP contribution is -2.25. The van der Waals surface area contributed by atoms with Crippen LogP contribution in [0.1, 0.15) is 22.3 Å². The van der Waals surface area contributed by atoms with E-state index in [1.807, 2.05) is 47.4 Å². The van der Waals surface area contributed by atoms with Crippen molar-refractivity contribution in [3.8, 4) is 0 Å². The largest absolute Gasteiger partial charge is 0.465 e. The first kappa shape index (κ1) is 15.7. The molecular weight excluding hydrogens is 290 g/mol. The fourth-order valence-electron chi connectivity index (χ4n) is 3.19. The van der Waals surface area contributed by atoms with E-state index in [4.69, 9.17) is 4.74 Å². The molecule has 0 radical (unpaired) electrons. The quantitative estimate of drug-likeness (QED) is 0.767. The smallest absolute Gasteiger partial charge is 0.337 e. The Morgan fingerprint density at radius 1 is 1.30 bits per heavy atom. The molecule has 1 aliphatic heterocycles. The average Bonchev–Trinajstić information content (AvgIpc) is 3.24. The molecule has 0 N–H and O–H groups in total. The van der Waals surface area contributed by atoms with Gasteiger partial charge in [0.05, 0.1) is 19.2 Å². The summed E-state index contributed by atoms with van der Waals surface area (Å²) in [4.78, 5) is 14.0. The summed E-state index contributed by atoms with van der Waals surface area (Å²) in [5.74, 6) is 0.416. The van der Waals surface area contributed by atoms with Crippen LogP contribution in [-0.2, 0) is 17.7 Å². The maximum Gasteiger partial charge on any atom is 0.337 e. The van der Waals surface area contributed by atoms with Crippen molar-refractivity contribution < 1.29 is 9.53 Å². The van der Waals surface area contributed by atoms with Crippen LogP contribution in [0.25, 0.3) is 0 Å². The maximum absolute atomic E-state index is 11.4. The summed E-state index contributed by atoms with van der Waals surface area (Å²) >= 11 is 0. The molecule has 1 aromatic heterocycles. The van der Waals surface area contributed by atoms with Gasteiger partial charge in [-0.1, -0.05) is 12.1 Å². The van der Waals surface area contributed by atoms with Gasteiger partial charge in [0.2, 0.25) is 0 Å². The number of hydrogen-bond acceptors (Lipinski definition) is 4. The molecule has 1 unspecified atom stereocenters. The lowest BCUT2D eigenvalue weighted by molar-refractivity contribution is 0.0600. The van der Waals surface area contributed by atoms with Crippen molar-refractivity contribution in [2.45, 2.75) is 19.4 Å². The number of likely N-dealkylation sites (tertiary alicyclic amines) is 1. The van der Waals surface area contributed by atoms with Crippen molar-refractivity contribution in [1.82, 2.24) is 14.7 Å². The topological polar surface area (TPSA) is 47.4 Å². The Hall–Kier alpha value is -2.14. The van der Waals surface area contributed by atoms with Crippen LogP contribution >= 0.6 is 0 Å². The van der Waals surface area contributed by atoms with E-state index < -0.39 is 0 Å². The Kier molecular flexibility index (Phi) is 5.08. The highest BCUT2D eigenvalue weighted by atomic mass is 16.5. The third-order valence-electron chi connectivity index (χ3n) is 4.47. The number of rotatable bonds is 6. The van der Waals surface area contributed by atoms with Gasteiger partial charge in [0.1, 0.15) is 0 Å². The maximum atomic E-state index is 11.4. The zero-order chi connectivity index (χ0) is 16.1. The van der Waals surface area contributed by atoms with Gasteiger partial charge in [-0.15, -0.1) is 0 Å². The van der Waals surface area contributed by atoms with E-state index in [-0.39, 0.29) is 5.97 Å². The van der Waals surface area contributed by atoms with Gasteiger partial charge in [0.15, 0.2) is 0 Å². The van der Waals surface area contributed by atoms with E-state index in [2.05, 4.69) is 10.00 Å². The Morgan fingerprint density at radius 3 is 2.83 bits per heavy atom. The second kappa shape index (κ2) is 7.42. The van der Waals surface area contributed by atoms with Crippen LogP contribution < -0.4 is 0 Å². The lowest BCUT2D eigenvalue weighted by atomic mass is 9.98. The van der Waals surface area contributed by atoms with E-state index in [1.165, 1.54) is 19.1 Å². The van der Waals surface area contributed by atoms with E-state index >= 15 is 0 Å². The van der Waals surface area contributed by atoms with Crippen LogP contribution in [0.15, 0.2) is 42.7 Å². The van der Waals surface area contributed by atoms with Gasteiger partial charge < -0.3 is 9.64 Å². The van der Waals surface area contributed by atoms with Gasteiger partial charge in [-0.25, -0.2) is 4.79 Å². The molecule has 23 heavy (non-hydrogen) atoms. The monoisotopic (exact) mass is 313 g/mol. The minimum absolute atomic E-state index is 0.276. The van der Waals surface area contributed by atoms with Crippen molar-refractivity contribution in [2.24, 2.45) is 5.92 Å². The molecule has 1 fully saturated rings. The molecule has 1 aliphatic rings. The summed E-state index contributed by atoms with van der Waals surface area (Å²) < 4.78 is 6.71. The summed E-state index contributed by atoms with van der Waals surface area (Å²) in [7, 11) is 1.41. The van der Waals surface area contributed by atoms with Crippen molar-refractivity contribution >= 4 is 5.97 Å². The van der Waals surface area contributed by atoms with Crippen molar-refractivity contribution in [3.05, 3.63) is 53.9 Å². The molecule has 0 saturated carbocycles. The summed E-state index contributed by atoms with van der Waals surface area (Å²) in [5, 5.41) is 4.25. The minimum atomic E-state index is -0.276. The van der Waals surface area contributed by atoms with Crippen LogP contribution in [0.2, 0.25) is 0 Å². The average molecular weight is 313 g/mol. The number of ether oxygens (including phenoxy) is 1. The number of carbonyl (C=O) groups excluding carboxylic acids is 1. The molecule has 5 heteroatoms. The molecule has 122 valence electrons. The van der Waals surface area contributed by atoms with Gasteiger partial charge in [-0.3, -0.25) is 4.68 Å². The molecule has 0 spiro atoms. The number of nitrogens with zero attached hydrogens (tertiary/aromatic N) is 3. The summed E-state index contributed by atoms with van der Waals surface area (Å²) in [6, 6.07) is 9.75. The first-order chi connectivity index (χ1) is 11.2. The molecule has 0 amide bonds. The number of aromatic nitrogens is 2. The number of esters is 1. The van der Waals surface area contributed by atoms with Crippen LogP contribution in [0.3, 0.4) is 0 Å². The fourth-order valence-corrected chi connectivity index (χ4v) is 3.19. The molecule has 5 nitrogen and oxygen atoms in total. The van der Waals surface area contributed by atoms with Crippen LogP contribution in [0.4, 0.5) is 0 Å². The zero-order valence-electron chi connectivity index (χ0n) is 13.5. The molecule has 1 saturated heterocycles. The zero-order valence-corrected chi connectivity index (χ0v) is 13.5. The highest BCUT2D eigenvalue weighted by Gasteiger charge is 2.22. The molecule has 1 atom stereocenters. The van der Waals surface area contributed by atoms with E-state index in [9.17, 15) is 4.79 Å². The number of methoxy groups -OCH3 is 1. The van der Waals surface area contributed by atoms with E-state index in [0.717, 1.165) is 32.6 Å². The number of benzene rings is 1. The standard InChI is InChI=1S/C18H23N3O2/c1-23-18(22)17-5-3-15(4-6-17)13-16-7-10-20(14-16)11-12-21-9-2-8-19-21/h2-6,8-9,16H,7,10-14H2,1H3. The molecule has 0 aliphatic carbocycles. The molecule has 3 rings (SSSR count). The van der Waals surface area contributed by atoms with E-state index in [0.29, 0.717) is 11.5 Å². The van der Waals surface area contributed by atoms with E-state index in [1.54, 1.807) is 0 Å². The lowest BCUT2D eigenvalue weighted by Gasteiger charge is -2.16. The van der Waals surface area contributed by atoms with Crippen molar-refractivity contribution in [3.63, 3.8) is 0 Å². The Labute approximate surface area is 136 Å². The Bertz CT molecular complexity index is 622. The van der Waals surface area contributed by atoms with Gasteiger partial charge in [0, 0.05) is 25.5 Å². The fraction of sp³-hybridized carbons (Fsp3) is 0.444. The Morgan fingerprint density at radius 2 is 2.13 bits per heavy atom. The molecule has 1 aromatic carbocycles. The third-order valence-corrected chi connectivity index (χ3v) is 4.47. The normalized spacial score (nSPS) is 18.2. The van der Waals surface area contributed by atoms with Gasteiger partial charge in [-0.2, -0.15) is 5.10 Å². The second-order valence-corrected chi connectivity index (χ2v) is 6.12. The van der Waals surface area contributed by atoms with Crippen LogP contribution in [-0.4, -0.2) is 47.4 Å². The first-order valence-electron chi connectivity index (χ1n) is 8.11. The van der Waals surface area contributed by atoms with Gasteiger partial charge in [-0.05, 0) is 49.1 Å². The van der Waals surface area contributed by atoms with Gasteiger partial charge >= 0.3 is 5.97 Å². The summed E-state index contributed by atoms with van der Waals surface area (Å²) in [6.45, 7) is 4.30. The van der Waals surface area contributed by atoms with Crippen LogP contribution in [0.5, 0.6) is 0 Å². The summed E-state index contributed by atoms with van der Waals surface area (Å²) in [5.41, 5.74) is 1.90. The SMILES string of the molecule is COC(=O)c1ccc(CC2CCN(CCn3cccn3)C2)cc1. The number of carbonyl (C=O) groups is 1. The van der Waals surface area contributed by atoms with Gasteiger partial charge in [0.25, 0.3) is 0 Å². The predicted molar refractivity (Wildman–Crippen MR) is 88.3 cm³/mol. The predicted octanol–water partition coefficient (Wildman–Crippen LogP) is 2.23. The molecule has 2 aromatic rings. The molecular formula is C18H23N3O2. The highest BCUT2D eigenvalue weighted by molar-refractivity contribution is 5.89. The third kappa shape index (κ3) is 4.20. The Balaban J connectivity index is 1.46. The first-order valence-corrected chi connectivity index (χ1v) is 8.11. The minimum Gasteiger partial charge on any atom is -0.465 e. The molecule has 0 bridgehead atoms. The number of hydrogen-bond donors (Lipinski definition) is 0. The van der Waals surface area contributed by atoms with Crippen LogP contribution in [0, 0.1) is 5.92 Å². The molecule has 2 heterocycles. The highest BCUT2D eigenvalue weighted by Crippen LogP contribution is 2.21. The van der Waals surface area contributed by atoms with Crippen molar-refractivity contribution in [1.29, 1.82) is 0 Å². The van der Waals surface area contributed by atoms with Crippen molar-refractivity contribution in [2.75, 3.05) is 26.7 Å².